The van der Waals surface area contributed by atoms with Crippen LogP contribution < -0.4 is 5.32 Å². The van der Waals surface area contributed by atoms with Gasteiger partial charge in [-0.2, -0.15) is 0 Å². The van der Waals surface area contributed by atoms with Gasteiger partial charge >= 0.3 is 18.2 Å². The van der Waals surface area contributed by atoms with Gasteiger partial charge in [0.05, 0.1) is 30.9 Å². The Balaban J connectivity index is 1.48. The van der Waals surface area contributed by atoms with Crippen LogP contribution in [-0.2, 0) is 25.6 Å². The topological polar surface area (TPSA) is 114 Å². The number of nitrogens with one attached hydrogen (secondary N) is 1. The van der Waals surface area contributed by atoms with Gasteiger partial charge in [-0.1, -0.05) is 60.7 Å². The Kier molecular flexibility index (Phi) is 7.90. The molecule has 2 aromatic rings. The SMILES string of the molecule is C=C[C@]12CN(C(=O)OC)[C@@H]3[C@@H](COC(=O)C(C)(C)C)[C@H]1[C@H](O)C=C(c1ccccc1NC(=O)OCc1ccccc1)[C@@H]32. The van der Waals surface area contributed by atoms with Gasteiger partial charge in [0.25, 0.3) is 0 Å². The van der Waals surface area contributed by atoms with Crippen molar-refractivity contribution in [3.63, 3.8) is 0 Å². The molecule has 42 heavy (non-hydrogen) atoms. The Morgan fingerprint density at radius 3 is 2.45 bits per heavy atom. The highest BCUT2D eigenvalue weighted by Crippen LogP contribution is 2.67. The molecule has 2 fully saturated rings. The third-order valence-corrected chi connectivity index (χ3v) is 8.79. The summed E-state index contributed by atoms with van der Waals surface area (Å²) < 4.78 is 16.4. The van der Waals surface area contributed by atoms with E-state index in [1.54, 1.807) is 43.9 Å². The first-order valence-corrected chi connectivity index (χ1v) is 14.1. The van der Waals surface area contributed by atoms with E-state index in [-0.39, 0.29) is 36.9 Å². The number of carbonyl (C=O) groups is 3. The molecule has 9 nitrogen and oxygen atoms in total. The summed E-state index contributed by atoms with van der Waals surface area (Å²) in [6.45, 7) is 9.95. The largest absolute Gasteiger partial charge is 0.465 e. The average molecular weight is 575 g/mol. The van der Waals surface area contributed by atoms with Gasteiger partial charge in [0.1, 0.15) is 6.61 Å². The summed E-state index contributed by atoms with van der Waals surface area (Å²) in [5.74, 6) is -1.35. The van der Waals surface area contributed by atoms with Crippen LogP contribution in [0.2, 0.25) is 0 Å². The Morgan fingerprint density at radius 1 is 1.10 bits per heavy atom. The molecule has 1 saturated heterocycles. The molecule has 0 aromatic heterocycles. The van der Waals surface area contributed by atoms with Crippen LogP contribution in [0.3, 0.4) is 0 Å². The molecule has 0 radical (unpaired) electrons. The molecule has 1 saturated carbocycles. The Bertz CT molecular complexity index is 1400. The number of amides is 2. The van der Waals surface area contributed by atoms with E-state index < -0.39 is 35.2 Å². The van der Waals surface area contributed by atoms with Crippen molar-refractivity contribution in [2.45, 2.75) is 39.5 Å². The highest BCUT2D eigenvalue weighted by molar-refractivity contribution is 5.91. The van der Waals surface area contributed by atoms with Crippen molar-refractivity contribution in [2.75, 3.05) is 25.6 Å². The summed E-state index contributed by atoms with van der Waals surface area (Å²) in [6, 6.07) is 16.3. The highest BCUT2D eigenvalue weighted by atomic mass is 16.6. The van der Waals surface area contributed by atoms with Crippen molar-refractivity contribution in [2.24, 2.45) is 28.6 Å². The fourth-order valence-corrected chi connectivity index (χ4v) is 7.03. The number of hydrogen-bond acceptors (Lipinski definition) is 7. The van der Waals surface area contributed by atoms with Gasteiger partial charge in [-0.05, 0) is 38.0 Å². The van der Waals surface area contributed by atoms with Crippen molar-refractivity contribution in [3.8, 4) is 0 Å². The fourth-order valence-electron chi connectivity index (χ4n) is 7.03. The lowest BCUT2D eigenvalue weighted by molar-refractivity contribution is -0.156. The van der Waals surface area contributed by atoms with E-state index in [2.05, 4.69) is 11.9 Å². The summed E-state index contributed by atoms with van der Waals surface area (Å²) in [5, 5.41) is 14.5. The van der Waals surface area contributed by atoms with Gasteiger partial charge in [-0.15, -0.1) is 6.58 Å². The maximum Gasteiger partial charge on any atom is 0.411 e. The monoisotopic (exact) mass is 574 g/mol. The van der Waals surface area contributed by atoms with Gasteiger partial charge < -0.3 is 24.2 Å². The number of rotatable bonds is 7. The summed E-state index contributed by atoms with van der Waals surface area (Å²) in [6.07, 6.45) is 1.61. The van der Waals surface area contributed by atoms with E-state index in [0.29, 0.717) is 17.8 Å². The second kappa shape index (κ2) is 11.3. The molecule has 6 atom stereocenters. The number of piperidine rings is 1. The molecule has 222 valence electrons. The molecule has 2 amide bonds. The maximum absolute atomic E-state index is 13.0. The number of esters is 1. The summed E-state index contributed by atoms with van der Waals surface area (Å²) in [7, 11) is 1.33. The fraction of sp³-hybridized carbons (Fsp3) is 0.424. The van der Waals surface area contributed by atoms with Crippen molar-refractivity contribution in [1.29, 1.82) is 0 Å². The van der Waals surface area contributed by atoms with Crippen LogP contribution in [0, 0.1) is 28.6 Å². The van der Waals surface area contributed by atoms with Crippen molar-refractivity contribution >= 4 is 29.4 Å². The Hall–Kier alpha value is -4.11. The molecule has 0 spiro atoms. The first kappa shape index (κ1) is 29.4. The number of nitrogens with zero attached hydrogens (tertiary/aromatic N) is 1. The predicted molar refractivity (Wildman–Crippen MR) is 157 cm³/mol. The van der Waals surface area contributed by atoms with Gasteiger partial charge in [0, 0.05) is 41.3 Å². The number of likely N-dealkylation sites (tertiary alicyclic amines) is 1. The van der Waals surface area contributed by atoms with E-state index in [0.717, 1.165) is 11.1 Å². The van der Waals surface area contributed by atoms with E-state index in [1.165, 1.54) is 7.11 Å². The second-order valence-electron chi connectivity index (χ2n) is 12.3. The van der Waals surface area contributed by atoms with Crippen LogP contribution in [0.15, 0.2) is 73.3 Å². The predicted octanol–water partition coefficient (Wildman–Crippen LogP) is 5.27. The molecule has 1 heterocycles. The number of ether oxygens (including phenoxy) is 3. The summed E-state index contributed by atoms with van der Waals surface area (Å²) >= 11 is 0. The Labute approximate surface area is 246 Å². The lowest BCUT2D eigenvalue weighted by Crippen LogP contribution is -2.53. The smallest absolute Gasteiger partial charge is 0.411 e. The lowest BCUT2D eigenvalue weighted by atomic mass is 9.63. The van der Waals surface area contributed by atoms with Crippen LogP contribution >= 0.6 is 0 Å². The molecular formula is C33H38N2O7. The van der Waals surface area contributed by atoms with Crippen LogP contribution in [0.5, 0.6) is 0 Å². The molecule has 2 N–H and O–H groups in total. The average Bonchev–Trinajstić information content (AvgIpc) is 3.42. The third kappa shape index (κ3) is 5.06. The number of benzene rings is 2. The third-order valence-electron chi connectivity index (χ3n) is 8.79. The number of aliphatic hydroxyl groups is 1. The number of aliphatic hydroxyl groups excluding tert-OH is 1. The lowest BCUT2D eigenvalue weighted by Gasteiger charge is -2.45. The second-order valence-corrected chi connectivity index (χ2v) is 12.3. The van der Waals surface area contributed by atoms with Crippen LogP contribution in [-0.4, -0.2) is 60.6 Å². The normalized spacial score (nSPS) is 27.6. The van der Waals surface area contributed by atoms with E-state index in [4.69, 9.17) is 14.2 Å². The van der Waals surface area contributed by atoms with Gasteiger partial charge in [0.2, 0.25) is 0 Å². The minimum Gasteiger partial charge on any atom is -0.465 e. The number of anilines is 1. The van der Waals surface area contributed by atoms with E-state index >= 15 is 0 Å². The molecule has 9 heteroatoms. The van der Waals surface area contributed by atoms with Crippen LogP contribution in [0.1, 0.15) is 31.9 Å². The zero-order valence-electron chi connectivity index (χ0n) is 24.4. The number of carbonyl (C=O) groups excluding carboxylic acids is 3. The number of para-hydroxylation sites is 1. The van der Waals surface area contributed by atoms with Gasteiger partial charge in [0.15, 0.2) is 0 Å². The maximum atomic E-state index is 13.0. The quantitative estimate of drug-likeness (QED) is 0.263. The molecule has 2 aromatic carbocycles. The summed E-state index contributed by atoms with van der Waals surface area (Å²) in [4.78, 5) is 40.2. The Morgan fingerprint density at radius 2 is 1.79 bits per heavy atom. The van der Waals surface area contributed by atoms with Gasteiger partial charge in [-0.25, -0.2) is 9.59 Å². The molecule has 3 aliphatic rings. The van der Waals surface area contributed by atoms with Crippen molar-refractivity contribution in [3.05, 3.63) is 84.5 Å². The van der Waals surface area contributed by atoms with Crippen molar-refractivity contribution in [1.82, 2.24) is 4.90 Å². The molecule has 4 bridgehead atoms. The van der Waals surface area contributed by atoms with E-state index in [9.17, 15) is 19.5 Å². The van der Waals surface area contributed by atoms with Gasteiger partial charge in [-0.3, -0.25) is 10.1 Å². The molecule has 2 aliphatic carbocycles. The minimum atomic E-state index is -0.907. The summed E-state index contributed by atoms with van der Waals surface area (Å²) in [5.41, 5.74) is 1.44. The zero-order chi connectivity index (χ0) is 30.2. The number of methoxy groups -OCH3 is 1. The molecule has 1 aliphatic heterocycles. The molecule has 0 unspecified atom stereocenters. The first-order valence-electron chi connectivity index (χ1n) is 14.1. The standard InChI is InChI=1S/C33H38N2O7/c1-6-33-19-35(31(39)40-5)28-23(18-41-29(37)32(2,3)4)26(33)25(36)16-22(27(28)33)21-14-10-11-15-24(21)34-30(38)42-17-20-12-8-7-9-13-20/h6-16,23,25-28,36H,1,17-19H2,2-5H3,(H,34,38)/t23-,25+,26-,27-,28+,33-/m0/s1. The highest BCUT2D eigenvalue weighted by Gasteiger charge is 2.71. The molecule has 5 rings (SSSR count). The zero-order valence-corrected chi connectivity index (χ0v) is 24.4. The number of hydrogen-bond donors (Lipinski definition) is 2. The van der Waals surface area contributed by atoms with Crippen molar-refractivity contribution < 1.29 is 33.7 Å². The van der Waals surface area contributed by atoms with Crippen LogP contribution in [0.25, 0.3) is 5.57 Å². The first-order chi connectivity index (χ1) is 20.0. The molecular weight excluding hydrogens is 536 g/mol. The minimum absolute atomic E-state index is 0.0366. The van der Waals surface area contributed by atoms with Crippen LogP contribution in [0.4, 0.5) is 15.3 Å². The van der Waals surface area contributed by atoms with E-state index in [1.807, 2.05) is 48.5 Å².